The SMILES string of the molecule is CC1CC1c1ccc(CN(C)C(=O)CCN2C(=O)c3ccccc3C2=O)o1. The number of carbonyl (C=O) groups excluding carboxylic acids is 3. The fourth-order valence-electron chi connectivity index (χ4n) is 3.56. The minimum atomic E-state index is -0.333. The van der Waals surface area contributed by atoms with Gasteiger partial charge in [0.2, 0.25) is 5.91 Å². The molecule has 2 aromatic rings. The van der Waals surface area contributed by atoms with Gasteiger partial charge in [-0.1, -0.05) is 19.1 Å². The number of imide groups is 1. The lowest BCUT2D eigenvalue weighted by Crippen LogP contribution is -2.35. The third-order valence-corrected chi connectivity index (χ3v) is 5.40. The molecule has 0 spiro atoms. The summed E-state index contributed by atoms with van der Waals surface area (Å²) >= 11 is 0. The Morgan fingerprint density at radius 3 is 2.37 bits per heavy atom. The van der Waals surface area contributed by atoms with Crippen molar-refractivity contribution in [2.24, 2.45) is 5.92 Å². The number of nitrogens with zero attached hydrogens (tertiary/aromatic N) is 2. The lowest BCUT2D eigenvalue weighted by molar-refractivity contribution is -0.130. The number of fused-ring (bicyclic) bond motifs is 1. The van der Waals surface area contributed by atoms with E-state index in [0.29, 0.717) is 29.5 Å². The summed E-state index contributed by atoms with van der Waals surface area (Å²) in [4.78, 5) is 39.8. The molecule has 0 N–H and O–H groups in total. The van der Waals surface area contributed by atoms with Crippen LogP contribution in [-0.2, 0) is 11.3 Å². The molecule has 140 valence electrons. The Morgan fingerprint density at radius 1 is 1.15 bits per heavy atom. The third-order valence-electron chi connectivity index (χ3n) is 5.40. The number of carbonyl (C=O) groups is 3. The van der Waals surface area contributed by atoms with Crippen molar-refractivity contribution in [3.05, 3.63) is 59.0 Å². The van der Waals surface area contributed by atoms with Crippen molar-refractivity contribution in [1.29, 1.82) is 0 Å². The average Bonchev–Trinajstić information content (AvgIpc) is 3.12. The summed E-state index contributed by atoms with van der Waals surface area (Å²) in [6.45, 7) is 2.66. The highest BCUT2D eigenvalue weighted by Crippen LogP contribution is 2.47. The largest absolute Gasteiger partial charge is 0.464 e. The fraction of sp³-hybridized carbons (Fsp3) is 0.381. The molecule has 1 aliphatic heterocycles. The van der Waals surface area contributed by atoms with E-state index in [1.807, 2.05) is 12.1 Å². The molecule has 1 saturated carbocycles. The molecule has 0 saturated heterocycles. The van der Waals surface area contributed by atoms with Gasteiger partial charge in [0.25, 0.3) is 11.8 Å². The first-order valence-corrected chi connectivity index (χ1v) is 9.23. The Bertz CT molecular complexity index is 881. The Kier molecular flexibility index (Phi) is 4.34. The van der Waals surface area contributed by atoms with Crippen LogP contribution in [0.15, 0.2) is 40.8 Å². The first-order valence-electron chi connectivity index (χ1n) is 9.23. The van der Waals surface area contributed by atoms with Gasteiger partial charge >= 0.3 is 0 Å². The average molecular weight is 366 g/mol. The molecular formula is C21H22N2O4. The van der Waals surface area contributed by atoms with Crippen molar-refractivity contribution in [2.75, 3.05) is 13.6 Å². The predicted octanol–water partition coefficient (Wildman–Crippen LogP) is 3.05. The second-order valence-electron chi connectivity index (χ2n) is 7.43. The van der Waals surface area contributed by atoms with E-state index < -0.39 is 0 Å². The molecular weight excluding hydrogens is 344 g/mol. The van der Waals surface area contributed by atoms with Crippen molar-refractivity contribution in [3.63, 3.8) is 0 Å². The topological polar surface area (TPSA) is 70.8 Å². The molecule has 27 heavy (non-hydrogen) atoms. The number of hydrogen-bond acceptors (Lipinski definition) is 4. The van der Waals surface area contributed by atoms with Crippen LogP contribution in [0.2, 0.25) is 0 Å². The fourth-order valence-corrected chi connectivity index (χ4v) is 3.56. The first-order chi connectivity index (χ1) is 13.0. The molecule has 1 fully saturated rings. The zero-order valence-electron chi connectivity index (χ0n) is 15.5. The molecule has 4 rings (SSSR count). The van der Waals surface area contributed by atoms with E-state index in [1.54, 1.807) is 36.2 Å². The van der Waals surface area contributed by atoms with E-state index in [-0.39, 0.29) is 30.7 Å². The van der Waals surface area contributed by atoms with Crippen LogP contribution in [0.4, 0.5) is 0 Å². The Balaban J connectivity index is 1.32. The highest BCUT2D eigenvalue weighted by molar-refractivity contribution is 6.21. The maximum atomic E-state index is 12.4. The van der Waals surface area contributed by atoms with Gasteiger partial charge in [-0.15, -0.1) is 0 Å². The van der Waals surface area contributed by atoms with Crippen molar-refractivity contribution < 1.29 is 18.8 Å². The molecule has 6 heteroatoms. The van der Waals surface area contributed by atoms with Crippen molar-refractivity contribution >= 4 is 17.7 Å². The summed E-state index contributed by atoms with van der Waals surface area (Å²) in [6.07, 6.45) is 1.25. The summed E-state index contributed by atoms with van der Waals surface area (Å²) < 4.78 is 5.84. The molecule has 3 amide bonds. The van der Waals surface area contributed by atoms with Crippen LogP contribution in [0.1, 0.15) is 57.9 Å². The van der Waals surface area contributed by atoms with Gasteiger partial charge in [-0.05, 0) is 36.6 Å². The quantitative estimate of drug-likeness (QED) is 0.737. The van der Waals surface area contributed by atoms with Crippen LogP contribution < -0.4 is 0 Å². The van der Waals surface area contributed by atoms with Crippen LogP contribution in [0.25, 0.3) is 0 Å². The normalized spacial score (nSPS) is 20.7. The van der Waals surface area contributed by atoms with E-state index in [0.717, 1.165) is 22.8 Å². The molecule has 2 aliphatic rings. The third kappa shape index (κ3) is 3.27. The summed E-state index contributed by atoms with van der Waals surface area (Å²) in [7, 11) is 1.70. The van der Waals surface area contributed by atoms with E-state index in [9.17, 15) is 14.4 Å². The summed E-state index contributed by atoms with van der Waals surface area (Å²) in [5, 5.41) is 0. The van der Waals surface area contributed by atoms with Crippen LogP contribution in [0.5, 0.6) is 0 Å². The standard InChI is InChI=1S/C21H22N2O4/c1-13-11-17(13)18-8-7-14(27-18)12-22(2)19(24)9-10-23-20(25)15-5-3-4-6-16(15)21(23)26/h3-8,13,17H,9-12H2,1-2H3. The highest BCUT2D eigenvalue weighted by Gasteiger charge is 2.37. The lowest BCUT2D eigenvalue weighted by Gasteiger charge is -2.18. The van der Waals surface area contributed by atoms with E-state index >= 15 is 0 Å². The molecule has 2 unspecified atom stereocenters. The highest BCUT2D eigenvalue weighted by atomic mass is 16.3. The van der Waals surface area contributed by atoms with E-state index in [4.69, 9.17) is 4.42 Å². The first kappa shape index (κ1) is 17.5. The Morgan fingerprint density at radius 2 is 1.78 bits per heavy atom. The minimum absolute atomic E-state index is 0.0819. The number of hydrogen-bond donors (Lipinski definition) is 0. The maximum absolute atomic E-state index is 12.4. The molecule has 2 heterocycles. The van der Waals surface area contributed by atoms with Gasteiger partial charge in [0, 0.05) is 25.9 Å². The van der Waals surface area contributed by atoms with Gasteiger partial charge in [-0.25, -0.2) is 0 Å². The molecule has 1 aliphatic carbocycles. The van der Waals surface area contributed by atoms with Crippen molar-refractivity contribution in [2.45, 2.75) is 32.2 Å². The van der Waals surface area contributed by atoms with Crippen LogP contribution in [0, 0.1) is 5.92 Å². The molecule has 6 nitrogen and oxygen atoms in total. The molecule has 0 radical (unpaired) electrons. The number of amides is 3. The molecule has 1 aromatic heterocycles. The monoisotopic (exact) mass is 366 g/mol. The van der Waals surface area contributed by atoms with Gasteiger partial charge < -0.3 is 9.32 Å². The number of rotatable bonds is 6. The smallest absolute Gasteiger partial charge is 0.261 e. The molecule has 0 bridgehead atoms. The lowest BCUT2D eigenvalue weighted by atomic mass is 10.1. The van der Waals surface area contributed by atoms with Gasteiger partial charge in [-0.2, -0.15) is 0 Å². The van der Waals surface area contributed by atoms with Crippen LogP contribution in [-0.4, -0.2) is 41.1 Å². The van der Waals surface area contributed by atoms with Crippen molar-refractivity contribution in [3.8, 4) is 0 Å². The second-order valence-corrected chi connectivity index (χ2v) is 7.43. The zero-order valence-corrected chi connectivity index (χ0v) is 15.5. The van der Waals surface area contributed by atoms with E-state index in [1.165, 1.54) is 0 Å². The Labute approximate surface area is 157 Å². The van der Waals surface area contributed by atoms with Gasteiger partial charge in [0.1, 0.15) is 11.5 Å². The zero-order chi connectivity index (χ0) is 19.1. The Hall–Kier alpha value is -2.89. The summed E-state index contributed by atoms with van der Waals surface area (Å²) in [6, 6.07) is 10.6. The van der Waals surface area contributed by atoms with E-state index in [2.05, 4.69) is 6.92 Å². The summed E-state index contributed by atoms with van der Waals surface area (Å²) in [5.41, 5.74) is 0.807. The minimum Gasteiger partial charge on any atom is -0.464 e. The van der Waals surface area contributed by atoms with Crippen LogP contribution >= 0.6 is 0 Å². The molecule has 1 aromatic carbocycles. The van der Waals surface area contributed by atoms with Crippen molar-refractivity contribution in [1.82, 2.24) is 9.80 Å². The van der Waals surface area contributed by atoms with Gasteiger partial charge in [0.05, 0.1) is 17.7 Å². The van der Waals surface area contributed by atoms with Gasteiger partial charge in [0.15, 0.2) is 0 Å². The van der Waals surface area contributed by atoms with Gasteiger partial charge in [-0.3, -0.25) is 19.3 Å². The predicted molar refractivity (Wildman–Crippen MR) is 98.1 cm³/mol. The van der Waals surface area contributed by atoms with Crippen LogP contribution in [0.3, 0.4) is 0 Å². The number of furan rings is 1. The second kappa shape index (κ2) is 6.68. The number of benzene rings is 1. The maximum Gasteiger partial charge on any atom is 0.261 e. The molecule has 2 atom stereocenters. The summed E-state index contributed by atoms with van der Waals surface area (Å²) in [5.74, 6) is 2.12.